The van der Waals surface area contributed by atoms with Gasteiger partial charge in [0.2, 0.25) is 11.8 Å². The van der Waals surface area contributed by atoms with Gasteiger partial charge in [0.1, 0.15) is 0 Å². The van der Waals surface area contributed by atoms with E-state index in [1.807, 2.05) is 4.90 Å². The van der Waals surface area contributed by atoms with E-state index in [1.54, 1.807) is 0 Å². The number of hydrogen-bond donors (Lipinski definition) is 2. The molecule has 2 fully saturated rings. The van der Waals surface area contributed by atoms with Gasteiger partial charge in [0.15, 0.2) is 0 Å². The Balaban J connectivity index is 0.00000162. The monoisotopic (exact) mass is 275 g/mol. The van der Waals surface area contributed by atoms with Crippen LogP contribution in [0.1, 0.15) is 32.1 Å². The summed E-state index contributed by atoms with van der Waals surface area (Å²) in [6, 6.07) is -0.102. The van der Waals surface area contributed by atoms with Crippen molar-refractivity contribution in [2.75, 3.05) is 26.2 Å². The molecule has 18 heavy (non-hydrogen) atoms. The minimum atomic E-state index is -0.102. The van der Waals surface area contributed by atoms with Crippen molar-refractivity contribution in [2.24, 2.45) is 0 Å². The van der Waals surface area contributed by atoms with E-state index in [9.17, 15) is 9.59 Å². The fraction of sp³-hybridized carbons (Fsp3) is 0.833. The van der Waals surface area contributed by atoms with Gasteiger partial charge in [-0.05, 0) is 32.2 Å². The van der Waals surface area contributed by atoms with Gasteiger partial charge >= 0.3 is 0 Å². The van der Waals surface area contributed by atoms with E-state index in [0.29, 0.717) is 0 Å². The van der Waals surface area contributed by atoms with Crippen molar-refractivity contribution in [3.05, 3.63) is 0 Å². The Kier molecular flexibility index (Phi) is 6.43. The highest BCUT2D eigenvalue weighted by molar-refractivity contribution is 5.87. The topological polar surface area (TPSA) is 61.4 Å². The molecular weight excluding hydrogens is 254 g/mol. The Hall–Kier alpha value is -0.810. The van der Waals surface area contributed by atoms with Gasteiger partial charge < -0.3 is 15.5 Å². The number of carbonyl (C=O) groups excluding carboxylic acids is 2. The molecule has 2 rings (SSSR count). The Bertz CT molecular complexity index is 287. The predicted molar refractivity (Wildman–Crippen MR) is 71.7 cm³/mol. The van der Waals surface area contributed by atoms with Crippen LogP contribution in [0.2, 0.25) is 0 Å². The Morgan fingerprint density at radius 1 is 1.17 bits per heavy atom. The van der Waals surface area contributed by atoms with E-state index < -0.39 is 0 Å². The third-order valence-corrected chi connectivity index (χ3v) is 3.50. The van der Waals surface area contributed by atoms with E-state index in [-0.39, 0.29) is 36.8 Å². The largest absolute Gasteiger partial charge is 0.346 e. The van der Waals surface area contributed by atoms with Gasteiger partial charge in [-0.1, -0.05) is 6.42 Å². The summed E-state index contributed by atoms with van der Waals surface area (Å²) in [5.41, 5.74) is 0. The molecule has 0 aromatic carbocycles. The number of likely N-dealkylation sites (tertiary alicyclic amines) is 1. The lowest BCUT2D eigenvalue weighted by Crippen LogP contribution is -2.49. The molecule has 0 aromatic rings. The zero-order valence-corrected chi connectivity index (χ0v) is 11.4. The summed E-state index contributed by atoms with van der Waals surface area (Å²) in [6.45, 7) is 2.74. The first-order valence-corrected chi connectivity index (χ1v) is 6.56. The number of amides is 2. The normalized spacial score (nSPS) is 23.3. The van der Waals surface area contributed by atoms with Gasteiger partial charge in [-0.2, -0.15) is 0 Å². The molecule has 2 amide bonds. The predicted octanol–water partition coefficient (Wildman–Crippen LogP) is 0.289. The Labute approximate surface area is 114 Å². The van der Waals surface area contributed by atoms with E-state index in [2.05, 4.69) is 10.6 Å². The van der Waals surface area contributed by atoms with Crippen LogP contribution in [0.25, 0.3) is 0 Å². The maximum absolute atomic E-state index is 11.8. The molecule has 104 valence electrons. The molecule has 0 saturated carbocycles. The van der Waals surface area contributed by atoms with Crippen LogP contribution in [0, 0.1) is 0 Å². The number of piperidine rings is 1. The second-order valence-corrected chi connectivity index (χ2v) is 4.81. The molecule has 0 radical (unpaired) electrons. The van der Waals surface area contributed by atoms with Crippen molar-refractivity contribution in [1.29, 1.82) is 0 Å². The maximum Gasteiger partial charge on any atom is 0.241 e. The molecule has 2 aliphatic heterocycles. The summed E-state index contributed by atoms with van der Waals surface area (Å²) in [4.78, 5) is 25.3. The van der Waals surface area contributed by atoms with Crippen molar-refractivity contribution in [3.8, 4) is 0 Å². The molecule has 6 heteroatoms. The van der Waals surface area contributed by atoms with Gasteiger partial charge in [0, 0.05) is 13.1 Å². The number of rotatable bonds is 3. The lowest BCUT2D eigenvalue weighted by atomic mass is 10.0. The lowest BCUT2D eigenvalue weighted by Gasteiger charge is -2.23. The second kappa shape index (κ2) is 7.59. The minimum Gasteiger partial charge on any atom is -0.346 e. The summed E-state index contributed by atoms with van der Waals surface area (Å²) in [5, 5.41) is 5.91. The van der Waals surface area contributed by atoms with E-state index >= 15 is 0 Å². The molecule has 0 bridgehead atoms. The molecule has 2 aliphatic rings. The smallest absolute Gasteiger partial charge is 0.241 e. The quantitative estimate of drug-likeness (QED) is 0.778. The van der Waals surface area contributed by atoms with Gasteiger partial charge in [0.05, 0.1) is 12.6 Å². The third kappa shape index (κ3) is 4.14. The van der Waals surface area contributed by atoms with Crippen molar-refractivity contribution in [3.63, 3.8) is 0 Å². The van der Waals surface area contributed by atoms with Crippen molar-refractivity contribution < 1.29 is 9.59 Å². The van der Waals surface area contributed by atoms with Crippen LogP contribution < -0.4 is 10.6 Å². The average molecular weight is 276 g/mol. The van der Waals surface area contributed by atoms with Gasteiger partial charge in [0.25, 0.3) is 0 Å². The van der Waals surface area contributed by atoms with Crippen LogP contribution in [0.4, 0.5) is 0 Å². The molecule has 5 nitrogen and oxygen atoms in total. The number of nitrogens with zero attached hydrogens (tertiary/aromatic N) is 1. The number of halogens is 1. The molecular formula is C12H22ClN3O2. The van der Waals surface area contributed by atoms with Gasteiger partial charge in [-0.25, -0.2) is 0 Å². The first kappa shape index (κ1) is 15.2. The van der Waals surface area contributed by atoms with E-state index in [1.165, 1.54) is 0 Å². The first-order chi connectivity index (χ1) is 8.27. The van der Waals surface area contributed by atoms with Crippen LogP contribution in [0.5, 0.6) is 0 Å². The summed E-state index contributed by atoms with van der Waals surface area (Å²) >= 11 is 0. The highest BCUT2D eigenvalue weighted by atomic mass is 35.5. The summed E-state index contributed by atoms with van der Waals surface area (Å²) in [5.74, 6) is 0.0175. The van der Waals surface area contributed by atoms with Crippen LogP contribution >= 0.6 is 12.4 Å². The summed E-state index contributed by atoms with van der Waals surface area (Å²) in [6.07, 6.45) is 5.28. The molecule has 2 N–H and O–H groups in total. The fourth-order valence-electron chi connectivity index (χ4n) is 2.44. The summed E-state index contributed by atoms with van der Waals surface area (Å²) in [7, 11) is 0. The molecule has 1 unspecified atom stereocenters. The highest BCUT2D eigenvalue weighted by Crippen LogP contribution is 2.08. The third-order valence-electron chi connectivity index (χ3n) is 3.50. The number of hydrogen-bond acceptors (Lipinski definition) is 3. The Morgan fingerprint density at radius 2 is 1.89 bits per heavy atom. The number of carbonyl (C=O) groups is 2. The molecule has 1 atom stereocenters. The lowest BCUT2D eigenvalue weighted by molar-refractivity contribution is -0.132. The van der Waals surface area contributed by atoms with Crippen molar-refractivity contribution >= 4 is 24.2 Å². The zero-order chi connectivity index (χ0) is 12.1. The first-order valence-electron chi connectivity index (χ1n) is 6.56. The van der Waals surface area contributed by atoms with E-state index in [4.69, 9.17) is 0 Å². The van der Waals surface area contributed by atoms with Crippen LogP contribution in [-0.4, -0.2) is 48.9 Å². The molecule has 0 spiro atoms. The van der Waals surface area contributed by atoms with Crippen LogP contribution in [0.15, 0.2) is 0 Å². The molecule has 2 saturated heterocycles. The standard InChI is InChI=1S/C12H21N3O2.ClH/c16-11(15-7-3-4-8-15)9-14-12(17)10-5-1-2-6-13-10;/h10,13H,1-9H2,(H,14,17);1H. The highest BCUT2D eigenvalue weighted by Gasteiger charge is 2.22. The minimum absolute atomic E-state index is 0. The van der Waals surface area contributed by atoms with Crippen molar-refractivity contribution in [2.45, 2.75) is 38.1 Å². The maximum atomic E-state index is 11.8. The van der Waals surface area contributed by atoms with Gasteiger partial charge in [-0.3, -0.25) is 9.59 Å². The van der Waals surface area contributed by atoms with Crippen LogP contribution in [0.3, 0.4) is 0 Å². The zero-order valence-electron chi connectivity index (χ0n) is 10.6. The second-order valence-electron chi connectivity index (χ2n) is 4.81. The Morgan fingerprint density at radius 3 is 2.50 bits per heavy atom. The molecule has 0 aliphatic carbocycles. The fourth-order valence-corrected chi connectivity index (χ4v) is 2.44. The van der Waals surface area contributed by atoms with Gasteiger partial charge in [-0.15, -0.1) is 12.4 Å². The summed E-state index contributed by atoms with van der Waals surface area (Å²) < 4.78 is 0. The van der Waals surface area contributed by atoms with Crippen molar-refractivity contribution in [1.82, 2.24) is 15.5 Å². The van der Waals surface area contributed by atoms with E-state index in [0.717, 1.165) is 51.7 Å². The molecule has 0 aromatic heterocycles. The number of nitrogens with one attached hydrogen (secondary N) is 2. The van der Waals surface area contributed by atoms with Crippen LogP contribution in [-0.2, 0) is 9.59 Å². The molecule has 2 heterocycles. The SMILES string of the molecule is Cl.O=C(NCC(=O)N1CCCC1)C1CCCCN1. The average Bonchev–Trinajstić information content (AvgIpc) is 2.90.